The number of amides is 3. The van der Waals surface area contributed by atoms with Crippen molar-refractivity contribution in [3.05, 3.63) is 64.9 Å². The van der Waals surface area contributed by atoms with Crippen molar-refractivity contribution in [1.29, 1.82) is 0 Å². The van der Waals surface area contributed by atoms with Crippen LogP contribution in [0.1, 0.15) is 18.7 Å². The summed E-state index contributed by atoms with van der Waals surface area (Å²) in [6.45, 7) is -0.00618. The Morgan fingerprint density at radius 3 is 2.72 bits per heavy atom. The van der Waals surface area contributed by atoms with E-state index < -0.39 is 29.4 Å². The number of anilines is 1. The average molecular weight is 498 g/mol. The molecule has 0 aliphatic carbocycles. The second-order valence-corrected chi connectivity index (χ2v) is 8.15. The Kier molecular flexibility index (Phi) is 8.14. The molecule has 1 atom stereocenters. The Hall–Kier alpha value is -4.55. The fraction of sp³-hybridized carbons (Fsp3) is 0.304. The topological polar surface area (TPSA) is 154 Å². The highest BCUT2D eigenvalue weighted by Gasteiger charge is 2.20. The number of aromatic nitrogens is 4. The van der Waals surface area contributed by atoms with Crippen LogP contribution >= 0.6 is 0 Å². The van der Waals surface area contributed by atoms with Crippen molar-refractivity contribution in [1.82, 2.24) is 29.3 Å². The Bertz CT molecular complexity index is 1380. The molecule has 0 radical (unpaired) electrons. The lowest BCUT2D eigenvalue weighted by molar-refractivity contribution is -0.251. The normalized spacial score (nSPS) is 12.0. The SMILES string of the molecule is CN(C)C(=O)/C=C/CC[C@H](NC(=O)[O-])C(=O)Nc1cncn(Cc2nc3cc(F)ccc3n2C)c1=O. The van der Waals surface area contributed by atoms with Crippen LogP contribution in [0.3, 0.4) is 0 Å². The molecule has 2 aromatic heterocycles. The third-order valence-corrected chi connectivity index (χ3v) is 5.34. The third-order valence-electron chi connectivity index (χ3n) is 5.34. The molecular formula is C23H25FN7O5-. The summed E-state index contributed by atoms with van der Waals surface area (Å²) in [6.07, 6.45) is 3.80. The predicted octanol–water partition coefficient (Wildman–Crippen LogP) is -0.0180. The van der Waals surface area contributed by atoms with Crippen molar-refractivity contribution < 1.29 is 23.9 Å². The molecule has 1 aromatic carbocycles. The molecule has 12 nitrogen and oxygen atoms in total. The summed E-state index contributed by atoms with van der Waals surface area (Å²) in [4.78, 5) is 58.0. The van der Waals surface area contributed by atoms with E-state index in [1.54, 1.807) is 31.8 Å². The molecule has 2 N–H and O–H groups in total. The molecule has 190 valence electrons. The molecule has 0 bridgehead atoms. The summed E-state index contributed by atoms with van der Waals surface area (Å²) in [5.74, 6) is -1.03. The van der Waals surface area contributed by atoms with Crippen LogP contribution in [-0.4, -0.2) is 62.0 Å². The van der Waals surface area contributed by atoms with Crippen molar-refractivity contribution >= 4 is 34.6 Å². The quantitative estimate of drug-likeness (QED) is 0.393. The van der Waals surface area contributed by atoms with Crippen LogP contribution in [0, 0.1) is 5.82 Å². The van der Waals surface area contributed by atoms with Gasteiger partial charge in [0, 0.05) is 27.2 Å². The van der Waals surface area contributed by atoms with Gasteiger partial charge < -0.3 is 30.0 Å². The average Bonchev–Trinajstić information content (AvgIpc) is 3.12. The largest absolute Gasteiger partial charge is 0.530 e. The molecule has 3 amide bonds. The van der Waals surface area contributed by atoms with E-state index in [1.807, 2.05) is 5.32 Å². The lowest BCUT2D eigenvalue weighted by atomic mass is 10.1. The minimum Gasteiger partial charge on any atom is -0.530 e. The summed E-state index contributed by atoms with van der Waals surface area (Å²) in [6, 6.07) is 2.93. The number of nitrogens with zero attached hydrogens (tertiary/aromatic N) is 5. The number of likely N-dealkylation sites (N-methyl/N-ethyl adjacent to an activating group) is 1. The molecule has 0 aliphatic rings. The van der Waals surface area contributed by atoms with Gasteiger partial charge in [0.2, 0.25) is 11.8 Å². The van der Waals surface area contributed by atoms with Gasteiger partial charge in [-0.2, -0.15) is 0 Å². The van der Waals surface area contributed by atoms with Crippen LogP contribution in [0.25, 0.3) is 11.0 Å². The predicted molar refractivity (Wildman–Crippen MR) is 126 cm³/mol. The molecule has 0 fully saturated rings. The highest BCUT2D eigenvalue weighted by molar-refractivity contribution is 5.96. The lowest BCUT2D eigenvalue weighted by Gasteiger charge is -2.19. The molecule has 0 saturated heterocycles. The fourth-order valence-corrected chi connectivity index (χ4v) is 3.39. The van der Waals surface area contributed by atoms with Gasteiger partial charge in [-0.15, -0.1) is 0 Å². The van der Waals surface area contributed by atoms with Gasteiger partial charge in [0.15, 0.2) is 0 Å². The Morgan fingerprint density at radius 1 is 1.28 bits per heavy atom. The van der Waals surface area contributed by atoms with Gasteiger partial charge in [-0.3, -0.25) is 19.0 Å². The second kappa shape index (κ2) is 11.3. The number of hydrogen-bond donors (Lipinski definition) is 2. The number of aryl methyl sites for hydroxylation is 1. The molecule has 0 saturated carbocycles. The summed E-state index contributed by atoms with van der Waals surface area (Å²) in [5.41, 5.74) is 0.334. The monoisotopic (exact) mass is 498 g/mol. The lowest BCUT2D eigenvalue weighted by Crippen LogP contribution is -2.49. The van der Waals surface area contributed by atoms with Crippen LogP contribution in [-0.2, 0) is 23.2 Å². The van der Waals surface area contributed by atoms with Gasteiger partial charge in [0.05, 0.1) is 30.1 Å². The fourth-order valence-electron chi connectivity index (χ4n) is 3.39. The first-order valence-corrected chi connectivity index (χ1v) is 10.9. The molecule has 3 rings (SSSR count). The minimum absolute atomic E-state index is 0.00618. The molecule has 0 unspecified atom stereocenters. The van der Waals surface area contributed by atoms with Gasteiger partial charge in [0.1, 0.15) is 29.5 Å². The maximum Gasteiger partial charge on any atom is 0.277 e. The Labute approximate surface area is 205 Å². The number of hydrogen-bond acceptors (Lipinski definition) is 7. The highest BCUT2D eigenvalue weighted by Crippen LogP contribution is 2.16. The molecule has 13 heteroatoms. The van der Waals surface area contributed by atoms with Crippen molar-refractivity contribution in [3.63, 3.8) is 0 Å². The number of benzene rings is 1. The minimum atomic E-state index is -1.66. The van der Waals surface area contributed by atoms with E-state index in [9.17, 15) is 28.7 Å². The van der Waals surface area contributed by atoms with E-state index >= 15 is 0 Å². The number of carbonyl (C=O) groups excluding carboxylic acids is 3. The van der Waals surface area contributed by atoms with E-state index in [0.717, 1.165) is 6.20 Å². The number of nitrogens with one attached hydrogen (secondary N) is 2. The zero-order valence-electron chi connectivity index (χ0n) is 19.9. The van der Waals surface area contributed by atoms with E-state index in [2.05, 4.69) is 15.3 Å². The van der Waals surface area contributed by atoms with Gasteiger partial charge in [-0.1, -0.05) is 6.08 Å². The van der Waals surface area contributed by atoms with E-state index in [-0.39, 0.29) is 31.0 Å². The molecule has 36 heavy (non-hydrogen) atoms. The van der Waals surface area contributed by atoms with Crippen LogP contribution in [0.15, 0.2) is 47.7 Å². The number of imidazole rings is 1. The first-order valence-electron chi connectivity index (χ1n) is 10.9. The number of rotatable bonds is 9. The number of fused-ring (bicyclic) bond motifs is 1. The van der Waals surface area contributed by atoms with Gasteiger partial charge >= 0.3 is 0 Å². The zero-order chi connectivity index (χ0) is 26.4. The van der Waals surface area contributed by atoms with Crippen LogP contribution in [0.5, 0.6) is 0 Å². The van der Waals surface area contributed by atoms with E-state index in [1.165, 1.54) is 40.1 Å². The molecular weight excluding hydrogens is 473 g/mol. The van der Waals surface area contributed by atoms with Crippen molar-refractivity contribution in [3.8, 4) is 0 Å². The molecule has 3 aromatic rings. The second-order valence-electron chi connectivity index (χ2n) is 8.15. The number of carboxylic acid groups (broad SMARTS) is 1. The van der Waals surface area contributed by atoms with Gasteiger partial charge in [0.25, 0.3) is 5.56 Å². The molecule has 2 heterocycles. The van der Waals surface area contributed by atoms with E-state index in [0.29, 0.717) is 16.9 Å². The van der Waals surface area contributed by atoms with Crippen molar-refractivity contribution in [2.75, 3.05) is 19.4 Å². The first-order chi connectivity index (χ1) is 17.1. The summed E-state index contributed by atoms with van der Waals surface area (Å²) in [7, 11) is 4.89. The van der Waals surface area contributed by atoms with Gasteiger partial charge in [-0.25, -0.2) is 14.4 Å². The summed E-state index contributed by atoms with van der Waals surface area (Å²) < 4.78 is 16.5. The first kappa shape index (κ1) is 26.1. The van der Waals surface area contributed by atoms with Crippen LogP contribution in [0.2, 0.25) is 0 Å². The number of halogens is 1. The Balaban J connectivity index is 1.75. The number of carbonyl (C=O) groups is 3. The van der Waals surface area contributed by atoms with Gasteiger partial charge in [-0.05, 0) is 31.1 Å². The van der Waals surface area contributed by atoms with Crippen LogP contribution < -0.4 is 21.3 Å². The smallest absolute Gasteiger partial charge is 0.277 e. The maximum atomic E-state index is 13.5. The van der Waals surface area contributed by atoms with Crippen LogP contribution in [0.4, 0.5) is 14.9 Å². The summed E-state index contributed by atoms with van der Waals surface area (Å²) in [5, 5.41) is 15.5. The molecule has 0 spiro atoms. The Morgan fingerprint density at radius 2 is 2.03 bits per heavy atom. The maximum absolute atomic E-state index is 13.5. The third kappa shape index (κ3) is 6.31. The number of allylic oxidation sites excluding steroid dienone is 1. The highest BCUT2D eigenvalue weighted by atomic mass is 19.1. The van der Waals surface area contributed by atoms with Crippen molar-refractivity contribution in [2.45, 2.75) is 25.4 Å². The standard InChI is InChI=1S/C23H26FN7O5/c1-29(2)20(32)7-5-4-6-15(28-23(35)36)21(33)27-17-11-25-13-31(22(17)34)12-19-26-16-10-14(24)8-9-18(16)30(19)3/h5,7-11,13,15,28H,4,6,12H2,1-3H3,(H,27,33)(H,35,36)/p-1/b7-5+/t15-/m0/s1. The van der Waals surface area contributed by atoms with Crippen molar-refractivity contribution in [2.24, 2.45) is 7.05 Å². The zero-order valence-corrected chi connectivity index (χ0v) is 19.9. The summed E-state index contributed by atoms with van der Waals surface area (Å²) >= 11 is 0. The van der Waals surface area contributed by atoms with E-state index in [4.69, 9.17) is 0 Å². The molecule has 0 aliphatic heterocycles.